The van der Waals surface area contributed by atoms with E-state index in [2.05, 4.69) is 205 Å². The van der Waals surface area contributed by atoms with Crippen molar-refractivity contribution < 1.29 is 0 Å². The molecule has 0 N–H and O–H groups in total. The van der Waals surface area contributed by atoms with Gasteiger partial charge in [0.05, 0.1) is 11.0 Å². The number of nitrogens with zero attached hydrogens (tertiary/aromatic N) is 2. The van der Waals surface area contributed by atoms with Crippen LogP contribution in [0.4, 0.5) is 17.1 Å². The van der Waals surface area contributed by atoms with Crippen LogP contribution in [0.15, 0.2) is 182 Å². The van der Waals surface area contributed by atoms with Gasteiger partial charge >= 0.3 is 0 Å². The van der Waals surface area contributed by atoms with Crippen molar-refractivity contribution in [2.45, 2.75) is 19.3 Å². The number of aromatic nitrogens is 1. The second-order valence-corrected chi connectivity index (χ2v) is 14.2. The molecule has 1 aliphatic carbocycles. The maximum atomic E-state index is 2.43. The van der Waals surface area contributed by atoms with Crippen molar-refractivity contribution in [1.82, 2.24) is 4.57 Å². The van der Waals surface area contributed by atoms with Gasteiger partial charge in [0.25, 0.3) is 0 Å². The highest BCUT2D eigenvalue weighted by molar-refractivity contribution is 6.10. The maximum absolute atomic E-state index is 2.43. The first kappa shape index (κ1) is 29.5. The van der Waals surface area contributed by atoms with Gasteiger partial charge in [0, 0.05) is 38.9 Å². The third-order valence-electron chi connectivity index (χ3n) is 10.9. The molecule has 242 valence electrons. The highest BCUT2D eigenvalue weighted by Gasteiger charge is 2.36. The van der Waals surface area contributed by atoms with E-state index < -0.39 is 0 Å². The first-order chi connectivity index (χ1) is 25.0. The lowest BCUT2D eigenvalue weighted by atomic mass is 9.81. The van der Waals surface area contributed by atoms with Crippen LogP contribution in [-0.2, 0) is 5.41 Å². The summed E-state index contributed by atoms with van der Waals surface area (Å²) >= 11 is 0. The second kappa shape index (κ2) is 11.3. The van der Waals surface area contributed by atoms with Gasteiger partial charge in [0.1, 0.15) is 0 Å². The minimum atomic E-state index is -0.142. The van der Waals surface area contributed by atoms with Crippen molar-refractivity contribution in [1.29, 1.82) is 0 Å². The number of benzene rings is 8. The third-order valence-corrected chi connectivity index (χ3v) is 10.9. The van der Waals surface area contributed by atoms with Gasteiger partial charge in [-0.15, -0.1) is 0 Å². The van der Waals surface area contributed by atoms with Crippen molar-refractivity contribution in [3.05, 3.63) is 193 Å². The molecule has 1 heterocycles. The van der Waals surface area contributed by atoms with Gasteiger partial charge in [-0.25, -0.2) is 0 Å². The fourth-order valence-electron chi connectivity index (χ4n) is 8.38. The van der Waals surface area contributed by atoms with E-state index in [9.17, 15) is 0 Å². The maximum Gasteiger partial charge on any atom is 0.0561 e. The van der Waals surface area contributed by atoms with E-state index in [1.165, 1.54) is 66.0 Å². The third kappa shape index (κ3) is 4.64. The molecule has 0 aliphatic heterocycles. The van der Waals surface area contributed by atoms with Crippen LogP contribution in [0.3, 0.4) is 0 Å². The van der Waals surface area contributed by atoms with Gasteiger partial charge in [-0.1, -0.05) is 129 Å². The molecule has 0 fully saturated rings. The Morgan fingerprint density at radius 2 is 0.980 bits per heavy atom. The molecule has 0 amide bonds. The van der Waals surface area contributed by atoms with E-state index in [1.807, 2.05) is 0 Å². The Bertz CT molecular complexity index is 2750. The zero-order valence-electron chi connectivity index (χ0n) is 28.7. The molecule has 1 aromatic heterocycles. The van der Waals surface area contributed by atoms with Gasteiger partial charge < -0.3 is 9.47 Å². The molecule has 0 radical (unpaired) electrons. The van der Waals surface area contributed by atoms with Crippen LogP contribution in [-0.4, -0.2) is 4.57 Å². The Hall–Kier alpha value is -6.38. The smallest absolute Gasteiger partial charge is 0.0561 e. The molecule has 9 aromatic rings. The summed E-state index contributed by atoms with van der Waals surface area (Å²) < 4.78 is 2.40. The zero-order valence-corrected chi connectivity index (χ0v) is 28.7. The Morgan fingerprint density at radius 1 is 0.412 bits per heavy atom. The normalized spacial score (nSPS) is 13.1. The predicted molar refractivity (Wildman–Crippen MR) is 216 cm³/mol. The van der Waals surface area contributed by atoms with Crippen LogP contribution in [0, 0.1) is 0 Å². The molecule has 0 saturated heterocycles. The van der Waals surface area contributed by atoms with Crippen LogP contribution in [0.5, 0.6) is 0 Å². The summed E-state index contributed by atoms with van der Waals surface area (Å²) in [5.41, 5.74) is 14.6. The van der Waals surface area contributed by atoms with Crippen LogP contribution in [0.25, 0.3) is 60.5 Å². The molecular weight excluding hydrogens is 617 g/mol. The number of anilines is 3. The molecule has 2 heteroatoms. The number of hydrogen-bond acceptors (Lipinski definition) is 1. The fourth-order valence-corrected chi connectivity index (χ4v) is 8.38. The molecule has 51 heavy (non-hydrogen) atoms. The molecule has 2 nitrogen and oxygen atoms in total. The van der Waals surface area contributed by atoms with E-state index in [1.54, 1.807) is 0 Å². The van der Waals surface area contributed by atoms with Crippen LogP contribution < -0.4 is 4.90 Å². The Morgan fingerprint density at radius 3 is 1.76 bits per heavy atom. The highest BCUT2D eigenvalue weighted by Crippen LogP contribution is 2.52. The van der Waals surface area contributed by atoms with Crippen LogP contribution in [0.2, 0.25) is 0 Å². The number of fused-ring (bicyclic) bond motifs is 7. The summed E-state index contributed by atoms with van der Waals surface area (Å²) in [6, 6.07) is 66.6. The summed E-state index contributed by atoms with van der Waals surface area (Å²) in [7, 11) is 0. The summed E-state index contributed by atoms with van der Waals surface area (Å²) in [5.74, 6) is 0. The topological polar surface area (TPSA) is 8.17 Å². The van der Waals surface area contributed by atoms with Gasteiger partial charge in [-0.2, -0.15) is 0 Å². The number of rotatable bonds is 5. The molecule has 0 spiro atoms. The monoisotopic (exact) mass is 652 g/mol. The van der Waals surface area contributed by atoms with E-state index in [0.717, 1.165) is 22.7 Å². The van der Waals surface area contributed by atoms with E-state index >= 15 is 0 Å². The Balaban J connectivity index is 1.18. The van der Waals surface area contributed by atoms with Gasteiger partial charge in [-0.05, 0) is 111 Å². The van der Waals surface area contributed by atoms with Crippen molar-refractivity contribution >= 4 is 49.6 Å². The van der Waals surface area contributed by atoms with E-state index in [4.69, 9.17) is 0 Å². The van der Waals surface area contributed by atoms with Crippen molar-refractivity contribution in [2.75, 3.05) is 4.90 Å². The van der Waals surface area contributed by atoms with Gasteiger partial charge in [0.15, 0.2) is 0 Å². The lowest BCUT2D eigenvalue weighted by Crippen LogP contribution is -2.16. The highest BCUT2D eigenvalue weighted by atomic mass is 15.1. The van der Waals surface area contributed by atoms with E-state index in [0.29, 0.717) is 0 Å². The lowest BCUT2D eigenvalue weighted by Gasteiger charge is -2.28. The molecule has 0 bridgehead atoms. The first-order valence-corrected chi connectivity index (χ1v) is 17.8. The predicted octanol–water partition coefficient (Wildman–Crippen LogP) is 13.4. The lowest BCUT2D eigenvalue weighted by molar-refractivity contribution is 0.661. The standard InChI is InChI=1S/C49H36N2/c1-49(2)45-30-36-16-10-9-15-35(36)29-44(45)41-27-25-39(31-46(41)49)50(38-23-21-34(22-24-38)33-13-5-3-6-14-33)40-26-28-43-42-19-11-12-20-47(42)51(48(43)32-40)37-17-7-4-8-18-37/h3-32H,1-2H3. The van der Waals surface area contributed by atoms with E-state index in [-0.39, 0.29) is 5.41 Å². The Labute approximate surface area is 298 Å². The van der Waals surface area contributed by atoms with Crippen molar-refractivity contribution in [2.24, 2.45) is 0 Å². The van der Waals surface area contributed by atoms with Gasteiger partial charge in [-0.3, -0.25) is 0 Å². The van der Waals surface area contributed by atoms with Crippen LogP contribution in [0.1, 0.15) is 25.0 Å². The number of para-hydroxylation sites is 2. The summed E-state index contributed by atoms with van der Waals surface area (Å²) in [5, 5.41) is 5.08. The summed E-state index contributed by atoms with van der Waals surface area (Å²) in [6.07, 6.45) is 0. The molecule has 8 aromatic carbocycles. The van der Waals surface area contributed by atoms with Gasteiger partial charge in [0.2, 0.25) is 0 Å². The molecule has 0 saturated carbocycles. The SMILES string of the molecule is CC1(C)c2cc(N(c3ccc(-c4ccccc4)cc3)c3ccc4c5ccccc5n(-c5ccccc5)c4c3)ccc2-c2cc3ccccc3cc21. The Kier molecular flexibility index (Phi) is 6.56. The fraction of sp³-hybridized carbons (Fsp3) is 0.0612. The zero-order chi connectivity index (χ0) is 34.1. The first-order valence-electron chi connectivity index (χ1n) is 17.8. The van der Waals surface area contributed by atoms with Crippen LogP contribution >= 0.6 is 0 Å². The summed E-state index contributed by atoms with van der Waals surface area (Å²) in [4.78, 5) is 2.43. The largest absolute Gasteiger partial charge is 0.310 e. The second-order valence-electron chi connectivity index (χ2n) is 14.2. The molecule has 0 atom stereocenters. The summed E-state index contributed by atoms with van der Waals surface area (Å²) in [6.45, 7) is 4.75. The molecule has 0 unspecified atom stereocenters. The quantitative estimate of drug-likeness (QED) is 0.180. The molecule has 10 rings (SSSR count). The average molecular weight is 653 g/mol. The molecule has 1 aliphatic rings. The number of hydrogen-bond donors (Lipinski definition) is 0. The average Bonchev–Trinajstić information content (AvgIpc) is 3.62. The molecular formula is C49H36N2. The minimum Gasteiger partial charge on any atom is -0.310 e. The van der Waals surface area contributed by atoms with Crippen molar-refractivity contribution in [3.63, 3.8) is 0 Å². The minimum absolute atomic E-state index is 0.142. The van der Waals surface area contributed by atoms with Crippen molar-refractivity contribution in [3.8, 4) is 27.9 Å².